The van der Waals surface area contributed by atoms with E-state index in [4.69, 9.17) is 14.7 Å². The van der Waals surface area contributed by atoms with E-state index >= 15 is 0 Å². The Hall–Kier alpha value is -2.47. The summed E-state index contributed by atoms with van der Waals surface area (Å²) >= 11 is 0. The summed E-state index contributed by atoms with van der Waals surface area (Å²) in [5.74, 6) is 1.14. The largest absolute Gasteiger partial charge is 0.377 e. The van der Waals surface area contributed by atoms with Crippen molar-refractivity contribution in [1.29, 1.82) is 0 Å². The average molecular weight is 375 g/mol. The van der Waals surface area contributed by atoms with E-state index in [1.54, 1.807) is 0 Å². The van der Waals surface area contributed by atoms with Gasteiger partial charge in [-0.15, -0.1) is 0 Å². The molecule has 0 aromatic carbocycles. The minimum Gasteiger partial charge on any atom is -0.377 e. The van der Waals surface area contributed by atoms with Gasteiger partial charge in [0.15, 0.2) is 0 Å². The molecule has 0 unspecified atom stereocenters. The van der Waals surface area contributed by atoms with Crippen LogP contribution in [-0.2, 0) is 11.2 Å². The number of rotatable bonds is 3. The zero-order chi connectivity index (χ0) is 18.7. The highest BCUT2D eigenvalue weighted by Gasteiger charge is 2.38. The van der Waals surface area contributed by atoms with Gasteiger partial charge in [0.05, 0.1) is 37.2 Å². The van der Waals surface area contributed by atoms with E-state index in [-0.39, 0.29) is 0 Å². The molecular formula is C22H25N5O. The first kappa shape index (κ1) is 16.5. The number of anilines is 2. The second-order valence-corrected chi connectivity index (χ2v) is 8.24. The van der Waals surface area contributed by atoms with Crippen LogP contribution >= 0.6 is 0 Å². The smallest absolute Gasteiger partial charge is 0.135 e. The number of pyridine rings is 2. The molecule has 3 aliphatic heterocycles. The predicted molar refractivity (Wildman–Crippen MR) is 112 cm³/mol. The van der Waals surface area contributed by atoms with Crippen LogP contribution in [0.2, 0.25) is 0 Å². The molecule has 6 rings (SSSR count). The van der Waals surface area contributed by atoms with Gasteiger partial charge >= 0.3 is 0 Å². The third-order valence-corrected chi connectivity index (χ3v) is 6.36. The number of fused-ring (bicyclic) bond motifs is 3. The van der Waals surface area contributed by atoms with Crippen LogP contribution in [-0.4, -0.2) is 60.6 Å². The van der Waals surface area contributed by atoms with E-state index < -0.39 is 0 Å². The molecule has 1 saturated carbocycles. The van der Waals surface area contributed by atoms with Crippen LogP contribution in [0.15, 0.2) is 29.4 Å². The van der Waals surface area contributed by atoms with E-state index in [9.17, 15) is 0 Å². The zero-order valence-electron chi connectivity index (χ0n) is 16.3. The van der Waals surface area contributed by atoms with Gasteiger partial charge in [-0.25, -0.2) is 4.98 Å². The van der Waals surface area contributed by atoms with Crippen molar-refractivity contribution in [3.8, 4) is 0 Å². The Kier molecular flexibility index (Phi) is 3.69. The lowest BCUT2D eigenvalue weighted by Crippen LogP contribution is -2.44. The Morgan fingerprint density at radius 3 is 2.89 bits per heavy atom. The fraction of sp³-hybridized carbons (Fsp3) is 0.500. The van der Waals surface area contributed by atoms with Crippen LogP contribution in [0.1, 0.15) is 31.0 Å². The number of allylic oxidation sites excluding steroid dienone is 1. The molecule has 0 bridgehead atoms. The van der Waals surface area contributed by atoms with E-state index in [1.165, 1.54) is 29.5 Å². The van der Waals surface area contributed by atoms with E-state index in [2.05, 4.69) is 39.9 Å². The first-order chi connectivity index (χ1) is 13.8. The molecule has 0 spiro atoms. The van der Waals surface area contributed by atoms with Crippen LogP contribution in [0.4, 0.5) is 11.5 Å². The van der Waals surface area contributed by atoms with Crippen molar-refractivity contribution in [1.82, 2.24) is 9.97 Å². The molecule has 6 nitrogen and oxygen atoms in total. The number of aromatic nitrogens is 2. The Balaban J connectivity index is 1.61. The predicted octanol–water partition coefficient (Wildman–Crippen LogP) is 2.74. The second kappa shape index (κ2) is 6.27. The zero-order valence-corrected chi connectivity index (χ0v) is 16.3. The summed E-state index contributed by atoms with van der Waals surface area (Å²) in [5, 5.41) is 1.23. The van der Waals surface area contributed by atoms with Gasteiger partial charge in [-0.3, -0.25) is 9.98 Å². The summed E-state index contributed by atoms with van der Waals surface area (Å²) in [4.78, 5) is 19.6. The van der Waals surface area contributed by atoms with Gasteiger partial charge in [-0.2, -0.15) is 0 Å². The van der Waals surface area contributed by atoms with Crippen molar-refractivity contribution in [2.24, 2.45) is 4.99 Å². The van der Waals surface area contributed by atoms with E-state index in [1.807, 2.05) is 6.20 Å². The second-order valence-electron chi connectivity index (χ2n) is 8.24. The van der Waals surface area contributed by atoms with Crippen molar-refractivity contribution in [3.05, 3.63) is 35.7 Å². The summed E-state index contributed by atoms with van der Waals surface area (Å²) in [6.07, 6.45) is 9.78. The third kappa shape index (κ3) is 2.47. The van der Waals surface area contributed by atoms with Crippen molar-refractivity contribution in [2.45, 2.75) is 38.3 Å². The lowest BCUT2D eigenvalue weighted by atomic mass is 10.0. The molecule has 6 heteroatoms. The number of aliphatic imine (C=N–C) groups is 1. The van der Waals surface area contributed by atoms with Gasteiger partial charge < -0.3 is 14.5 Å². The number of nitrogens with zero attached hydrogens (tertiary/aromatic N) is 5. The summed E-state index contributed by atoms with van der Waals surface area (Å²) in [6.45, 7) is 6.49. The SMILES string of the molecule is C[C@@H]1COCCN1c1nc2c(C3=NCC=C3)nccc2c2c1CCN2C1CC1. The highest BCUT2D eigenvalue weighted by molar-refractivity contribution is 6.16. The van der Waals surface area contributed by atoms with Crippen LogP contribution in [0.25, 0.3) is 10.9 Å². The minimum absolute atomic E-state index is 0.335. The molecule has 2 aromatic rings. The van der Waals surface area contributed by atoms with Crippen molar-refractivity contribution in [3.63, 3.8) is 0 Å². The molecule has 0 radical (unpaired) electrons. The van der Waals surface area contributed by atoms with Gasteiger partial charge in [0.25, 0.3) is 0 Å². The van der Waals surface area contributed by atoms with E-state index in [0.29, 0.717) is 12.1 Å². The minimum atomic E-state index is 0.335. The fourth-order valence-electron chi connectivity index (χ4n) is 4.84. The average Bonchev–Trinajstić information content (AvgIpc) is 3.24. The van der Waals surface area contributed by atoms with Crippen LogP contribution in [0, 0.1) is 0 Å². The standard InChI is InChI=1S/C22H25N5O/c1-14-13-28-12-11-26(14)22-17-7-10-27(15-4-5-15)21(17)16-6-9-24-20(19(16)25-22)18-3-2-8-23-18/h2-3,6,9,14-15H,4-5,7-8,10-13H2,1H3/t14-/m1/s1. The molecule has 2 fully saturated rings. The van der Waals surface area contributed by atoms with Gasteiger partial charge in [0.2, 0.25) is 0 Å². The maximum Gasteiger partial charge on any atom is 0.135 e. The Bertz CT molecular complexity index is 1010. The first-order valence-electron chi connectivity index (χ1n) is 10.5. The third-order valence-electron chi connectivity index (χ3n) is 6.36. The molecule has 1 aliphatic carbocycles. The quantitative estimate of drug-likeness (QED) is 0.826. The highest BCUT2D eigenvalue weighted by Crippen LogP contribution is 2.45. The Morgan fingerprint density at radius 1 is 1.18 bits per heavy atom. The van der Waals surface area contributed by atoms with Gasteiger partial charge in [-0.05, 0) is 38.3 Å². The number of morpholine rings is 1. The first-order valence-corrected chi connectivity index (χ1v) is 10.5. The van der Waals surface area contributed by atoms with Crippen LogP contribution < -0.4 is 9.80 Å². The van der Waals surface area contributed by atoms with Crippen molar-refractivity contribution < 1.29 is 4.74 Å². The lowest BCUT2D eigenvalue weighted by molar-refractivity contribution is 0.0985. The lowest BCUT2D eigenvalue weighted by Gasteiger charge is -2.36. The molecule has 0 amide bonds. The van der Waals surface area contributed by atoms with Crippen molar-refractivity contribution in [2.75, 3.05) is 42.6 Å². The van der Waals surface area contributed by atoms with E-state index in [0.717, 1.165) is 62.0 Å². The normalized spacial score (nSPS) is 24.2. The summed E-state index contributed by atoms with van der Waals surface area (Å²) < 4.78 is 5.69. The molecule has 4 aliphatic rings. The molecule has 1 atom stereocenters. The maximum atomic E-state index is 5.69. The topological polar surface area (TPSA) is 53.9 Å². The summed E-state index contributed by atoms with van der Waals surface area (Å²) in [7, 11) is 0. The van der Waals surface area contributed by atoms with Gasteiger partial charge in [0, 0.05) is 36.3 Å². The summed E-state index contributed by atoms with van der Waals surface area (Å²) in [6, 6.07) is 3.18. The Labute approximate surface area is 164 Å². The number of hydrogen-bond acceptors (Lipinski definition) is 6. The molecular weight excluding hydrogens is 350 g/mol. The number of ether oxygens (including phenoxy) is 1. The molecule has 1 saturated heterocycles. The highest BCUT2D eigenvalue weighted by atomic mass is 16.5. The molecule has 2 aromatic heterocycles. The van der Waals surface area contributed by atoms with Gasteiger partial charge in [-0.1, -0.05) is 6.08 Å². The molecule has 5 heterocycles. The number of hydrogen-bond donors (Lipinski definition) is 0. The fourth-order valence-corrected chi connectivity index (χ4v) is 4.84. The Morgan fingerprint density at radius 2 is 2.11 bits per heavy atom. The van der Waals surface area contributed by atoms with Crippen LogP contribution in [0.3, 0.4) is 0 Å². The van der Waals surface area contributed by atoms with Crippen LogP contribution in [0.5, 0.6) is 0 Å². The molecule has 28 heavy (non-hydrogen) atoms. The van der Waals surface area contributed by atoms with Gasteiger partial charge in [0.1, 0.15) is 17.0 Å². The van der Waals surface area contributed by atoms with Crippen molar-refractivity contribution >= 4 is 28.1 Å². The molecule has 144 valence electrons. The maximum absolute atomic E-state index is 5.69. The summed E-state index contributed by atoms with van der Waals surface area (Å²) in [5.41, 5.74) is 5.67. The monoisotopic (exact) mass is 375 g/mol. The molecule has 0 N–H and O–H groups in total.